The van der Waals surface area contributed by atoms with Crippen molar-refractivity contribution in [3.05, 3.63) is 52.9 Å². The summed E-state index contributed by atoms with van der Waals surface area (Å²) in [6.45, 7) is 6.54. The Bertz CT molecular complexity index is 1490. The lowest BCUT2D eigenvalue weighted by atomic mass is 9.90. The zero-order valence-corrected chi connectivity index (χ0v) is 25.1. The Morgan fingerprint density at radius 1 is 1.07 bits per heavy atom. The van der Waals surface area contributed by atoms with Crippen LogP contribution in [0.2, 0.25) is 5.02 Å². The van der Waals surface area contributed by atoms with E-state index in [1.807, 2.05) is 20.8 Å². The first-order chi connectivity index (χ1) is 20.2. The van der Waals surface area contributed by atoms with Gasteiger partial charge in [0, 0.05) is 47.5 Å². The van der Waals surface area contributed by atoms with Crippen molar-refractivity contribution in [1.82, 2.24) is 25.0 Å². The molecule has 43 heavy (non-hydrogen) atoms. The molecular formula is C30H36ClF3N6O3. The van der Waals surface area contributed by atoms with Gasteiger partial charge in [0.2, 0.25) is 0 Å². The molecule has 5 rings (SSSR count). The van der Waals surface area contributed by atoms with E-state index in [9.17, 15) is 22.8 Å². The predicted molar refractivity (Wildman–Crippen MR) is 157 cm³/mol. The number of carbonyl (C=O) groups excluding carboxylic acids is 2. The maximum absolute atomic E-state index is 13.6. The molecule has 1 saturated heterocycles. The van der Waals surface area contributed by atoms with Crippen molar-refractivity contribution >= 4 is 40.2 Å². The molecule has 13 heteroatoms. The largest absolute Gasteiger partial charge is 0.444 e. The summed E-state index contributed by atoms with van der Waals surface area (Å²) in [4.78, 5) is 31.2. The average Bonchev–Trinajstić information content (AvgIpc) is 3.43. The molecule has 3 heterocycles. The number of pyridine rings is 1. The standard InChI is InChI=1S/C30H36ClF3N6O3/c1-29(2,3)43-28(42)39-11-5-8-22(17-39)40-16-18(15-35-40)27(41)37-21-7-4-6-20(13-21)36-25-14-26(30(32,33)34)38-24-10-9-19(31)12-23(24)25/h9-10,12,14-16,20-22H,4-8,11,13,17H2,1-3H3,(H,36,38)(H,37,41)/t20-,21+,22-/m0/s1. The Morgan fingerprint density at radius 2 is 1.84 bits per heavy atom. The number of amides is 2. The van der Waals surface area contributed by atoms with Gasteiger partial charge in [0.05, 0.1) is 23.3 Å². The van der Waals surface area contributed by atoms with E-state index < -0.39 is 17.5 Å². The van der Waals surface area contributed by atoms with Gasteiger partial charge in [-0.25, -0.2) is 9.78 Å². The van der Waals surface area contributed by atoms with Crippen LogP contribution in [0, 0.1) is 0 Å². The fourth-order valence-corrected chi connectivity index (χ4v) is 5.89. The van der Waals surface area contributed by atoms with E-state index in [1.165, 1.54) is 18.3 Å². The topological polar surface area (TPSA) is 101 Å². The molecule has 232 valence electrons. The number of carbonyl (C=O) groups is 2. The highest BCUT2D eigenvalue weighted by Gasteiger charge is 2.34. The predicted octanol–water partition coefficient (Wildman–Crippen LogP) is 6.83. The molecule has 2 N–H and O–H groups in total. The second-order valence-corrected chi connectivity index (χ2v) is 12.8. The number of aromatic nitrogens is 3. The summed E-state index contributed by atoms with van der Waals surface area (Å²) in [5, 5.41) is 11.7. The minimum absolute atomic E-state index is 0.0728. The first kappa shape index (κ1) is 30.9. The van der Waals surface area contributed by atoms with E-state index in [-0.39, 0.29) is 35.6 Å². The summed E-state index contributed by atoms with van der Waals surface area (Å²) in [5.74, 6) is -0.266. The van der Waals surface area contributed by atoms with E-state index in [1.54, 1.807) is 21.8 Å². The van der Waals surface area contributed by atoms with Crippen molar-refractivity contribution < 1.29 is 27.5 Å². The van der Waals surface area contributed by atoms with Crippen LogP contribution in [0.15, 0.2) is 36.7 Å². The molecule has 1 aromatic carbocycles. The van der Waals surface area contributed by atoms with Crippen LogP contribution in [0.25, 0.3) is 10.9 Å². The number of nitrogens with zero attached hydrogens (tertiary/aromatic N) is 4. The van der Waals surface area contributed by atoms with Gasteiger partial charge < -0.3 is 20.3 Å². The fraction of sp³-hybridized carbons (Fsp3) is 0.533. The van der Waals surface area contributed by atoms with Gasteiger partial charge in [-0.05, 0) is 83.6 Å². The average molecular weight is 621 g/mol. The van der Waals surface area contributed by atoms with Crippen LogP contribution in [0.4, 0.5) is 23.7 Å². The van der Waals surface area contributed by atoms with Gasteiger partial charge in [0.15, 0.2) is 0 Å². The Kier molecular flexibility index (Phi) is 8.78. The summed E-state index contributed by atoms with van der Waals surface area (Å²) >= 11 is 6.14. The van der Waals surface area contributed by atoms with Crippen molar-refractivity contribution in [2.45, 2.75) is 89.2 Å². The summed E-state index contributed by atoms with van der Waals surface area (Å²) in [5.41, 5.74) is -0.637. The molecule has 0 radical (unpaired) electrons. The Labute approximate surface area is 253 Å². The van der Waals surface area contributed by atoms with E-state index >= 15 is 0 Å². The third kappa shape index (κ3) is 7.70. The van der Waals surface area contributed by atoms with Gasteiger partial charge in [-0.2, -0.15) is 18.3 Å². The van der Waals surface area contributed by atoms with Crippen LogP contribution in [0.3, 0.4) is 0 Å². The molecule has 1 saturated carbocycles. The highest BCUT2D eigenvalue weighted by molar-refractivity contribution is 6.31. The second-order valence-electron chi connectivity index (χ2n) is 12.3. The third-order valence-electron chi connectivity index (χ3n) is 7.72. The van der Waals surface area contributed by atoms with Gasteiger partial charge in [-0.3, -0.25) is 9.48 Å². The Morgan fingerprint density at radius 3 is 2.58 bits per heavy atom. The van der Waals surface area contributed by atoms with Crippen molar-refractivity contribution in [2.75, 3.05) is 18.4 Å². The summed E-state index contributed by atoms with van der Waals surface area (Å²) < 4.78 is 47.9. The maximum atomic E-state index is 13.6. The smallest absolute Gasteiger partial charge is 0.433 e. The number of likely N-dealkylation sites (tertiary alicyclic amines) is 1. The molecule has 2 fully saturated rings. The molecule has 0 spiro atoms. The number of fused-ring (bicyclic) bond motifs is 1. The van der Waals surface area contributed by atoms with Crippen molar-refractivity contribution in [3.8, 4) is 0 Å². The Hall–Kier alpha value is -3.54. The number of nitrogens with one attached hydrogen (secondary N) is 2. The Balaban J connectivity index is 1.22. The van der Waals surface area contributed by atoms with Crippen LogP contribution in [-0.2, 0) is 10.9 Å². The number of benzene rings is 1. The van der Waals surface area contributed by atoms with E-state index in [0.717, 1.165) is 38.2 Å². The summed E-state index contributed by atoms with van der Waals surface area (Å²) in [7, 11) is 0. The van der Waals surface area contributed by atoms with Gasteiger partial charge in [-0.1, -0.05) is 11.6 Å². The lowest BCUT2D eigenvalue weighted by Gasteiger charge is -2.34. The SMILES string of the molecule is CC(C)(C)OC(=O)N1CCC[C@H](n2cc(C(=O)N[C@@H]3CCC[C@H](Nc4cc(C(F)(F)F)nc5ccc(Cl)cc45)C3)cn2)C1. The number of ether oxygens (including phenoxy) is 1. The van der Waals surface area contributed by atoms with Crippen LogP contribution < -0.4 is 10.6 Å². The molecular weight excluding hydrogens is 585 g/mol. The normalized spacial score (nSPS) is 21.5. The first-order valence-electron chi connectivity index (χ1n) is 14.5. The van der Waals surface area contributed by atoms with E-state index in [0.29, 0.717) is 41.2 Å². The first-order valence-corrected chi connectivity index (χ1v) is 14.9. The van der Waals surface area contributed by atoms with Crippen LogP contribution >= 0.6 is 11.6 Å². The molecule has 1 aliphatic carbocycles. The molecule has 3 aromatic rings. The zero-order valence-electron chi connectivity index (χ0n) is 24.4. The highest BCUT2D eigenvalue weighted by Crippen LogP contribution is 2.35. The van der Waals surface area contributed by atoms with E-state index in [4.69, 9.17) is 16.3 Å². The number of rotatable bonds is 5. The van der Waals surface area contributed by atoms with Gasteiger partial charge in [0.1, 0.15) is 11.3 Å². The molecule has 2 aliphatic rings. The monoisotopic (exact) mass is 620 g/mol. The molecule has 2 aromatic heterocycles. The number of hydrogen-bond donors (Lipinski definition) is 2. The molecule has 2 amide bonds. The van der Waals surface area contributed by atoms with Crippen LogP contribution in [-0.4, -0.2) is 62.4 Å². The lowest BCUT2D eigenvalue weighted by molar-refractivity contribution is -0.140. The van der Waals surface area contributed by atoms with Crippen LogP contribution in [0.1, 0.15) is 81.4 Å². The number of hydrogen-bond acceptors (Lipinski definition) is 6. The number of anilines is 1. The third-order valence-corrected chi connectivity index (χ3v) is 7.95. The highest BCUT2D eigenvalue weighted by atomic mass is 35.5. The minimum Gasteiger partial charge on any atom is -0.444 e. The fourth-order valence-electron chi connectivity index (χ4n) is 5.72. The quantitative estimate of drug-likeness (QED) is 0.324. The molecule has 1 aliphatic heterocycles. The van der Waals surface area contributed by atoms with Gasteiger partial charge in [-0.15, -0.1) is 0 Å². The number of halogens is 4. The summed E-state index contributed by atoms with van der Waals surface area (Å²) in [6, 6.07) is 5.21. The maximum Gasteiger partial charge on any atom is 0.433 e. The summed E-state index contributed by atoms with van der Waals surface area (Å²) in [6.07, 6.45) is 2.71. The molecule has 3 atom stereocenters. The van der Waals surface area contributed by atoms with Crippen LogP contribution in [0.5, 0.6) is 0 Å². The van der Waals surface area contributed by atoms with Crippen molar-refractivity contribution in [1.29, 1.82) is 0 Å². The molecule has 9 nitrogen and oxygen atoms in total. The second kappa shape index (κ2) is 12.2. The van der Waals surface area contributed by atoms with Crippen molar-refractivity contribution in [3.63, 3.8) is 0 Å². The van der Waals surface area contributed by atoms with Gasteiger partial charge in [0.25, 0.3) is 5.91 Å². The number of alkyl halides is 3. The lowest BCUT2D eigenvalue weighted by Crippen LogP contribution is -2.43. The minimum atomic E-state index is -4.59. The van der Waals surface area contributed by atoms with E-state index in [2.05, 4.69) is 20.7 Å². The van der Waals surface area contributed by atoms with Crippen molar-refractivity contribution in [2.24, 2.45) is 0 Å². The molecule has 0 bridgehead atoms. The molecule has 0 unspecified atom stereocenters. The zero-order chi connectivity index (χ0) is 30.9. The number of piperidine rings is 1. The van der Waals surface area contributed by atoms with Gasteiger partial charge >= 0.3 is 12.3 Å².